The Kier molecular flexibility index (Phi) is 8.42. The number of benzene rings is 2. The average molecular weight is 469 g/mol. The van der Waals surface area contributed by atoms with Gasteiger partial charge in [-0.15, -0.1) is 0 Å². The Morgan fingerprint density at radius 3 is 2.38 bits per heavy atom. The largest absolute Gasteiger partial charge is 0.494 e. The highest BCUT2D eigenvalue weighted by Crippen LogP contribution is 2.21. The zero-order valence-electron chi connectivity index (χ0n) is 20.9. The number of aryl methyl sites for hydroxylation is 2. The van der Waals surface area contributed by atoms with Gasteiger partial charge in [0.1, 0.15) is 18.0 Å². The minimum atomic E-state index is -0.594. The molecular formula is C27H36N2O5. The summed E-state index contributed by atoms with van der Waals surface area (Å²) in [5.74, 6) is 0.793. The van der Waals surface area contributed by atoms with E-state index in [9.17, 15) is 9.59 Å². The van der Waals surface area contributed by atoms with Crippen molar-refractivity contribution in [3.63, 3.8) is 0 Å². The second-order valence-electron chi connectivity index (χ2n) is 9.70. The van der Waals surface area contributed by atoms with Crippen LogP contribution >= 0.6 is 0 Å². The number of amides is 2. The Morgan fingerprint density at radius 2 is 1.71 bits per heavy atom. The van der Waals surface area contributed by atoms with Gasteiger partial charge in [-0.05, 0) is 63.4 Å². The number of ether oxygens (including phenoxy) is 3. The Balaban J connectivity index is 1.62. The lowest BCUT2D eigenvalue weighted by Gasteiger charge is -2.41. The SMILES string of the molecule is Cc1ccc(OCC[C@@H]2CN(C(=O)OCc3ccccc3)CCN2C(=O)OC(C)(C)C)cc1C. The summed E-state index contributed by atoms with van der Waals surface area (Å²) in [5.41, 5.74) is 2.71. The molecule has 7 nitrogen and oxygen atoms in total. The van der Waals surface area contributed by atoms with Gasteiger partial charge in [0.2, 0.25) is 0 Å². The van der Waals surface area contributed by atoms with Gasteiger partial charge < -0.3 is 24.0 Å². The molecule has 7 heteroatoms. The molecule has 0 N–H and O–H groups in total. The lowest BCUT2D eigenvalue weighted by atomic mass is 10.1. The fourth-order valence-corrected chi connectivity index (χ4v) is 3.76. The summed E-state index contributed by atoms with van der Waals surface area (Å²) >= 11 is 0. The van der Waals surface area contributed by atoms with Crippen LogP contribution in [0, 0.1) is 13.8 Å². The summed E-state index contributed by atoms with van der Waals surface area (Å²) in [6, 6.07) is 15.3. The molecule has 2 amide bonds. The maximum atomic E-state index is 12.9. The Morgan fingerprint density at radius 1 is 0.971 bits per heavy atom. The minimum absolute atomic E-state index is 0.215. The lowest BCUT2D eigenvalue weighted by Crippen LogP contribution is -2.57. The first-order valence-electron chi connectivity index (χ1n) is 11.8. The van der Waals surface area contributed by atoms with Gasteiger partial charge >= 0.3 is 12.2 Å². The van der Waals surface area contributed by atoms with E-state index < -0.39 is 5.60 Å². The van der Waals surface area contributed by atoms with E-state index in [1.165, 1.54) is 5.56 Å². The number of carbonyl (C=O) groups excluding carboxylic acids is 2. The predicted molar refractivity (Wildman–Crippen MR) is 131 cm³/mol. The first kappa shape index (κ1) is 25.4. The van der Waals surface area contributed by atoms with E-state index >= 15 is 0 Å². The van der Waals surface area contributed by atoms with Crippen LogP contribution in [-0.2, 0) is 16.1 Å². The number of hydrogen-bond donors (Lipinski definition) is 0. The highest BCUT2D eigenvalue weighted by Gasteiger charge is 2.35. The molecular weight excluding hydrogens is 432 g/mol. The van der Waals surface area contributed by atoms with E-state index in [1.54, 1.807) is 9.80 Å². The molecule has 3 rings (SSSR count). The second-order valence-corrected chi connectivity index (χ2v) is 9.70. The maximum absolute atomic E-state index is 12.9. The van der Waals surface area contributed by atoms with Crippen LogP contribution in [0.15, 0.2) is 48.5 Å². The van der Waals surface area contributed by atoms with Crippen molar-refractivity contribution in [1.29, 1.82) is 0 Å². The second kappa shape index (κ2) is 11.3. The normalized spacial score (nSPS) is 16.2. The van der Waals surface area contributed by atoms with Gasteiger partial charge in [0, 0.05) is 26.1 Å². The average Bonchev–Trinajstić information content (AvgIpc) is 2.79. The lowest BCUT2D eigenvalue weighted by molar-refractivity contribution is -0.00614. The van der Waals surface area contributed by atoms with Crippen LogP contribution in [0.25, 0.3) is 0 Å². The van der Waals surface area contributed by atoms with Gasteiger partial charge in [-0.3, -0.25) is 0 Å². The number of piperazine rings is 1. The van der Waals surface area contributed by atoms with Crippen molar-refractivity contribution >= 4 is 12.2 Å². The molecule has 1 aliphatic heterocycles. The zero-order chi connectivity index (χ0) is 24.7. The highest BCUT2D eigenvalue weighted by molar-refractivity contribution is 5.71. The molecule has 2 aromatic rings. The molecule has 0 spiro atoms. The Bertz CT molecular complexity index is 971. The first-order valence-corrected chi connectivity index (χ1v) is 11.8. The van der Waals surface area contributed by atoms with E-state index in [2.05, 4.69) is 6.92 Å². The summed E-state index contributed by atoms with van der Waals surface area (Å²) in [6.45, 7) is 11.4. The third-order valence-electron chi connectivity index (χ3n) is 5.77. The molecule has 0 radical (unpaired) electrons. The van der Waals surface area contributed by atoms with Gasteiger partial charge in [0.05, 0.1) is 12.6 Å². The van der Waals surface area contributed by atoms with E-state index in [1.807, 2.05) is 76.2 Å². The van der Waals surface area contributed by atoms with Gasteiger partial charge in [0.15, 0.2) is 0 Å². The molecule has 1 atom stereocenters. The molecule has 0 aliphatic carbocycles. The molecule has 2 aromatic carbocycles. The highest BCUT2D eigenvalue weighted by atomic mass is 16.6. The van der Waals surface area contributed by atoms with Gasteiger partial charge in [0.25, 0.3) is 0 Å². The number of hydrogen-bond acceptors (Lipinski definition) is 5. The molecule has 0 bridgehead atoms. The van der Waals surface area contributed by atoms with E-state index in [-0.39, 0.29) is 24.8 Å². The summed E-state index contributed by atoms with van der Waals surface area (Å²) < 4.78 is 17.1. The van der Waals surface area contributed by atoms with Crippen LogP contribution in [0.4, 0.5) is 9.59 Å². The van der Waals surface area contributed by atoms with Crippen molar-refractivity contribution in [2.45, 2.75) is 59.3 Å². The maximum Gasteiger partial charge on any atom is 0.410 e. The number of nitrogens with zero attached hydrogens (tertiary/aromatic N) is 2. The van der Waals surface area contributed by atoms with Gasteiger partial charge in [-0.1, -0.05) is 36.4 Å². The molecule has 184 valence electrons. The van der Waals surface area contributed by atoms with Gasteiger partial charge in [-0.2, -0.15) is 0 Å². The summed E-state index contributed by atoms with van der Waals surface area (Å²) in [5, 5.41) is 0. The van der Waals surface area contributed by atoms with E-state index in [0.717, 1.165) is 16.9 Å². The first-order chi connectivity index (χ1) is 16.1. The van der Waals surface area contributed by atoms with Crippen molar-refractivity contribution in [3.05, 3.63) is 65.2 Å². The van der Waals surface area contributed by atoms with Crippen molar-refractivity contribution in [1.82, 2.24) is 9.80 Å². The number of rotatable bonds is 6. The standard InChI is InChI=1S/C27H36N2O5/c1-20-11-12-24(17-21(20)2)32-16-13-23-18-28(14-15-29(23)26(31)34-27(3,4)5)25(30)33-19-22-9-7-6-8-10-22/h6-12,17,23H,13-16,18-19H2,1-5H3/t23-/m1/s1. The zero-order valence-corrected chi connectivity index (χ0v) is 20.9. The van der Waals surface area contributed by atoms with Crippen molar-refractivity contribution < 1.29 is 23.8 Å². The summed E-state index contributed by atoms with van der Waals surface area (Å²) in [6.07, 6.45) is -0.192. The minimum Gasteiger partial charge on any atom is -0.494 e. The van der Waals surface area contributed by atoms with Crippen LogP contribution in [0.2, 0.25) is 0 Å². The molecule has 0 unspecified atom stereocenters. The van der Waals surface area contributed by atoms with Crippen LogP contribution in [0.3, 0.4) is 0 Å². The molecule has 0 saturated carbocycles. The molecule has 1 aliphatic rings. The fraction of sp³-hybridized carbons (Fsp3) is 0.481. The molecule has 1 fully saturated rings. The molecule has 1 heterocycles. The monoisotopic (exact) mass is 468 g/mol. The van der Waals surface area contributed by atoms with Crippen molar-refractivity contribution in [2.24, 2.45) is 0 Å². The molecule has 1 saturated heterocycles. The summed E-state index contributed by atoms with van der Waals surface area (Å²) in [7, 11) is 0. The Labute approximate surface area is 202 Å². The fourth-order valence-electron chi connectivity index (χ4n) is 3.76. The molecule has 34 heavy (non-hydrogen) atoms. The van der Waals surface area contributed by atoms with Crippen LogP contribution < -0.4 is 4.74 Å². The molecule has 0 aromatic heterocycles. The van der Waals surface area contributed by atoms with Crippen molar-refractivity contribution in [3.8, 4) is 5.75 Å². The smallest absolute Gasteiger partial charge is 0.410 e. The third-order valence-corrected chi connectivity index (χ3v) is 5.77. The number of carbonyl (C=O) groups is 2. The van der Waals surface area contributed by atoms with E-state index in [0.29, 0.717) is 32.7 Å². The van der Waals surface area contributed by atoms with Crippen LogP contribution in [-0.4, -0.2) is 59.9 Å². The van der Waals surface area contributed by atoms with E-state index in [4.69, 9.17) is 14.2 Å². The van der Waals surface area contributed by atoms with Gasteiger partial charge in [-0.25, -0.2) is 9.59 Å². The van der Waals surface area contributed by atoms with Crippen molar-refractivity contribution in [2.75, 3.05) is 26.2 Å². The predicted octanol–water partition coefficient (Wildman–Crippen LogP) is 5.33. The quantitative estimate of drug-likeness (QED) is 0.573. The topological polar surface area (TPSA) is 68.3 Å². The Hall–Kier alpha value is -3.22. The summed E-state index contributed by atoms with van der Waals surface area (Å²) in [4.78, 5) is 28.9. The van der Waals surface area contributed by atoms with Crippen LogP contribution in [0.5, 0.6) is 5.75 Å². The van der Waals surface area contributed by atoms with Crippen LogP contribution in [0.1, 0.15) is 43.9 Å². The third kappa shape index (κ3) is 7.40.